The van der Waals surface area contributed by atoms with Gasteiger partial charge in [0, 0.05) is 50.0 Å². The fourth-order valence-corrected chi connectivity index (χ4v) is 6.85. The molecule has 284 valence electrons. The first-order valence-electron chi connectivity index (χ1n) is 19.7. The number of nitrogens with zero attached hydrogens (tertiary/aromatic N) is 3. The van der Waals surface area contributed by atoms with Gasteiger partial charge >= 0.3 is 0 Å². The molecule has 9 aromatic rings. The third kappa shape index (κ3) is 8.97. The summed E-state index contributed by atoms with van der Waals surface area (Å²) in [5, 5.41) is 2.42. The first-order valence-corrected chi connectivity index (χ1v) is 19.7. The molecule has 0 saturated carbocycles. The molecule has 0 spiro atoms. The highest BCUT2D eigenvalue weighted by molar-refractivity contribution is 6.08. The van der Waals surface area contributed by atoms with E-state index in [-0.39, 0.29) is 0 Å². The second kappa shape index (κ2) is 19.9. The highest BCUT2D eigenvalue weighted by atomic mass is 15.1. The molecule has 0 amide bonds. The zero-order valence-electron chi connectivity index (χ0n) is 33.5. The Morgan fingerprint density at radius 1 is 0.431 bits per heavy atom. The first-order chi connectivity index (χ1) is 28.7. The van der Waals surface area contributed by atoms with Gasteiger partial charge in [0.05, 0.1) is 22.4 Å². The summed E-state index contributed by atoms with van der Waals surface area (Å²) in [6, 6.07) is 61.4. The number of aromatic nitrogens is 3. The molecule has 0 fully saturated rings. The Kier molecular flexibility index (Phi) is 13.8. The predicted octanol–water partition coefficient (Wildman–Crippen LogP) is 15.1. The molecule has 2 heterocycles. The number of hydrogen-bond acceptors (Lipinski definition) is 3. The normalized spacial score (nSPS) is 10.7. The van der Waals surface area contributed by atoms with Crippen molar-refractivity contribution in [1.82, 2.24) is 15.0 Å². The molecule has 0 saturated heterocycles. The van der Waals surface area contributed by atoms with E-state index < -0.39 is 0 Å². The average Bonchev–Trinajstić information content (AvgIpc) is 3.69. The second-order valence-corrected chi connectivity index (χ2v) is 13.0. The molecule has 2 aromatic heterocycles. The fraction of sp³-hybridized carbons (Fsp3) is 0.0741. The Labute approximate surface area is 342 Å². The average molecular weight is 753 g/mol. The zero-order chi connectivity index (χ0) is 40.7. The molecule has 0 aliphatic carbocycles. The highest BCUT2D eigenvalue weighted by Gasteiger charge is 2.17. The van der Waals surface area contributed by atoms with Crippen LogP contribution in [0.15, 0.2) is 200 Å². The maximum absolute atomic E-state index is 5.23. The van der Waals surface area contributed by atoms with Crippen LogP contribution in [-0.2, 0) is 0 Å². The maximum Gasteiger partial charge on any atom is 0.0973 e. The molecule has 0 aliphatic rings. The molecule has 0 aliphatic heterocycles. The van der Waals surface area contributed by atoms with Crippen molar-refractivity contribution >= 4 is 49.9 Å². The number of anilines is 3. The van der Waals surface area contributed by atoms with E-state index in [1.807, 2.05) is 64.1 Å². The number of benzene rings is 7. The largest absolute Gasteiger partial charge is 0.355 e. The van der Waals surface area contributed by atoms with Gasteiger partial charge in [0.25, 0.3) is 0 Å². The van der Waals surface area contributed by atoms with Crippen LogP contribution in [0.5, 0.6) is 0 Å². The van der Waals surface area contributed by atoms with Gasteiger partial charge in [-0.1, -0.05) is 153 Å². The molecule has 0 unspecified atom stereocenters. The Morgan fingerprint density at radius 3 is 1.55 bits per heavy atom. The number of H-pyrrole nitrogens is 1. The summed E-state index contributed by atoms with van der Waals surface area (Å²) in [5.74, 6) is 0. The van der Waals surface area contributed by atoms with Crippen LogP contribution < -0.4 is 4.90 Å². The van der Waals surface area contributed by atoms with Gasteiger partial charge in [-0.25, -0.2) is 9.97 Å². The minimum Gasteiger partial charge on any atom is -0.355 e. The smallest absolute Gasteiger partial charge is 0.0973 e. The van der Waals surface area contributed by atoms with E-state index in [1.165, 1.54) is 10.8 Å². The summed E-state index contributed by atoms with van der Waals surface area (Å²) < 4.78 is 0. The number of hydrogen-bond donors (Lipinski definition) is 1. The molecule has 58 heavy (non-hydrogen) atoms. The van der Waals surface area contributed by atoms with E-state index in [0.717, 1.165) is 72.8 Å². The number of fused-ring (bicyclic) bond motifs is 4. The van der Waals surface area contributed by atoms with Crippen LogP contribution in [-0.4, -0.2) is 15.0 Å². The van der Waals surface area contributed by atoms with Crippen LogP contribution in [0.1, 0.15) is 27.7 Å². The van der Waals surface area contributed by atoms with Gasteiger partial charge in [-0.15, -0.1) is 12.8 Å². The summed E-state index contributed by atoms with van der Waals surface area (Å²) in [4.78, 5) is 16.3. The van der Waals surface area contributed by atoms with Crippen molar-refractivity contribution in [3.8, 4) is 46.5 Å². The van der Waals surface area contributed by atoms with Crippen molar-refractivity contribution in [3.63, 3.8) is 0 Å². The fourth-order valence-electron chi connectivity index (χ4n) is 6.85. The van der Waals surface area contributed by atoms with Gasteiger partial charge in [0.1, 0.15) is 0 Å². The standard InChI is InChI=1S/C44H30N4.C6H10.C2H6.C2H2/c1-4-12-30(13-5-1)33-22-26-41-42(28-33)47-43(31-14-6-2-7-15-31)44(46-41)32-20-23-35(24-21-32)48(34-16-8-3-9-17-34)36-25-27-40-38(29-36)37-18-10-11-19-39(37)45-40;1-3-5-6-4-2;2*1-2/h1-29,45H;3-6H,1-2H3;1-2H3;1-2H/b;5-3-,6-4-;;. The molecular formula is C54H48N4. The Morgan fingerprint density at radius 2 is 0.914 bits per heavy atom. The molecule has 0 atom stereocenters. The summed E-state index contributed by atoms with van der Waals surface area (Å²) in [7, 11) is 0. The van der Waals surface area contributed by atoms with E-state index in [9.17, 15) is 0 Å². The van der Waals surface area contributed by atoms with Crippen molar-refractivity contribution in [2.24, 2.45) is 0 Å². The number of aromatic amines is 1. The van der Waals surface area contributed by atoms with E-state index in [4.69, 9.17) is 9.97 Å². The SMILES string of the molecule is C#C.C/C=C\C=C/C.CC.c1ccc(-c2ccc3nc(-c4ccc(N(c5ccccc5)c5ccc6[nH]c7ccccc7c6c5)cc4)c(-c4ccccc4)nc3c2)cc1. The summed E-state index contributed by atoms with van der Waals surface area (Å²) >= 11 is 0. The van der Waals surface area contributed by atoms with E-state index in [2.05, 4.69) is 187 Å². The van der Waals surface area contributed by atoms with E-state index in [1.54, 1.807) is 0 Å². The summed E-state index contributed by atoms with van der Waals surface area (Å²) in [6.45, 7) is 8.00. The lowest BCUT2D eigenvalue weighted by atomic mass is 10.0. The molecule has 7 aromatic carbocycles. The lowest BCUT2D eigenvalue weighted by Crippen LogP contribution is -2.09. The molecule has 0 bridgehead atoms. The van der Waals surface area contributed by atoms with Gasteiger partial charge in [-0.2, -0.15) is 0 Å². The third-order valence-corrected chi connectivity index (χ3v) is 9.48. The van der Waals surface area contributed by atoms with Gasteiger partial charge in [-0.3, -0.25) is 0 Å². The monoisotopic (exact) mass is 752 g/mol. The van der Waals surface area contributed by atoms with E-state index >= 15 is 0 Å². The Balaban J connectivity index is 0.000000516. The van der Waals surface area contributed by atoms with Gasteiger partial charge in [0.2, 0.25) is 0 Å². The van der Waals surface area contributed by atoms with Gasteiger partial charge in [0.15, 0.2) is 0 Å². The molecule has 4 nitrogen and oxygen atoms in total. The minimum atomic E-state index is 0.860. The lowest BCUT2D eigenvalue weighted by Gasteiger charge is -2.26. The van der Waals surface area contributed by atoms with Crippen molar-refractivity contribution in [1.29, 1.82) is 0 Å². The molecule has 0 radical (unpaired) electrons. The van der Waals surface area contributed by atoms with Crippen LogP contribution in [0.25, 0.3) is 66.5 Å². The minimum absolute atomic E-state index is 0.860. The first kappa shape index (κ1) is 40.2. The number of rotatable bonds is 7. The number of para-hydroxylation sites is 2. The number of terminal acetylenes is 1. The number of allylic oxidation sites excluding steroid dienone is 4. The predicted molar refractivity (Wildman–Crippen MR) is 251 cm³/mol. The highest BCUT2D eigenvalue weighted by Crippen LogP contribution is 2.39. The van der Waals surface area contributed by atoms with Gasteiger partial charge in [-0.05, 0) is 85.6 Å². The van der Waals surface area contributed by atoms with Crippen molar-refractivity contribution < 1.29 is 0 Å². The summed E-state index contributed by atoms with van der Waals surface area (Å²) in [5.41, 5.74) is 13.3. The van der Waals surface area contributed by atoms with Crippen LogP contribution in [0.2, 0.25) is 0 Å². The maximum atomic E-state index is 5.23. The van der Waals surface area contributed by atoms with Crippen LogP contribution >= 0.6 is 0 Å². The lowest BCUT2D eigenvalue weighted by molar-refractivity contribution is 1.27. The Bertz CT molecular complexity index is 2750. The summed E-state index contributed by atoms with van der Waals surface area (Å²) in [6.07, 6.45) is 16.0. The Hall–Kier alpha value is -7.48. The quantitative estimate of drug-likeness (QED) is 0.130. The number of nitrogens with one attached hydrogen (secondary N) is 1. The zero-order valence-corrected chi connectivity index (χ0v) is 33.5. The van der Waals surface area contributed by atoms with Crippen LogP contribution in [0.3, 0.4) is 0 Å². The molecular weight excluding hydrogens is 705 g/mol. The van der Waals surface area contributed by atoms with Crippen molar-refractivity contribution in [2.45, 2.75) is 27.7 Å². The van der Waals surface area contributed by atoms with Gasteiger partial charge < -0.3 is 9.88 Å². The third-order valence-electron chi connectivity index (χ3n) is 9.48. The molecule has 1 N–H and O–H groups in total. The molecule has 9 rings (SSSR count). The van der Waals surface area contributed by atoms with E-state index in [0.29, 0.717) is 0 Å². The van der Waals surface area contributed by atoms with Crippen molar-refractivity contribution in [2.75, 3.05) is 4.90 Å². The van der Waals surface area contributed by atoms with Crippen LogP contribution in [0, 0.1) is 12.8 Å². The molecule has 4 heteroatoms. The van der Waals surface area contributed by atoms with Crippen molar-refractivity contribution in [3.05, 3.63) is 200 Å². The van der Waals surface area contributed by atoms with Crippen LogP contribution in [0.4, 0.5) is 17.1 Å². The topological polar surface area (TPSA) is 44.8 Å². The second-order valence-electron chi connectivity index (χ2n) is 13.0.